The van der Waals surface area contributed by atoms with E-state index in [2.05, 4.69) is 21.8 Å². The van der Waals surface area contributed by atoms with Crippen molar-refractivity contribution in [2.75, 3.05) is 27.2 Å². The molecule has 18 heavy (non-hydrogen) atoms. The zero-order valence-electron chi connectivity index (χ0n) is 11.1. The fourth-order valence-corrected chi connectivity index (χ4v) is 2.00. The minimum atomic E-state index is -0.0246. The van der Waals surface area contributed by atoms with Crippen molar-refractivity contribution in [1.82, 2.24) is 19.8 Å². The third-order valence-corrected chi connectivity index (χ3v) is 3.12. The maximum atomic E-state index is 11.4. The molecule has 0 fully saturated rings. The number of imidazole rings is 1. The second-order valence-corrected chi connectivity index (χ2v) is 4.72. The predicted octanol–water partition coefficient (Wildman–Crippen LogP) is 0.152. The van der Waals surface area contributed by atoms with Gasteiger partial charge in [0.1, 0.15) is 12.4 Å². The maximum absolute atomic E-state index is 11.4. The number of fused-ring (bicyclic) bond motifs is 1. The first-order chi connectivity index (χ1) is 8.59. The molecule has 2 heterocycles. The zero-order valence-corrected chi connectivity index (χ0v) is 11.1. The summed E-state index contributed by atoms with van der Waals surface area (Å²) < 4.78 is 7.60. The molecule has 1 N–H and O–H groups in total. The molecule has 6 nitrogen and oxygen atoms in total. The summed E-state index contributed by atoms with van der Waals surface area (Å²) in [5.74, 6) is 1.02. The Kier molecular flexibility index (Phi) is 3.98. The van der Waals surface area contributed by atoms with Crippen LogP contribution in [0.25, 0.3) is 0 Å². The molecule has 1 amide bonds. The second kappa shape index (κ2) is 5.49. The van der Waals surface area contributed by atoms with Crippen LogP contribution in [0, 0.1) is 0 Å². The molecule has 1 aliphatic rings. The lowest BCUT2D eigenvalue weighted by Gasteiger charge is -2.23. The molecular formula is C12H20N4O2. The lowest BCUT2D eigenvalue weighted by atomic mass is 10.2. The van der Waals surface area contributed by atoms with Gasteiger partial charge in [-0.05, 0) is 6.92 Å². The van der Waals surface area contributed by atoms with E-state index in [0.29, 0.717) is 6.61 Å². The van der Waals surface area contributed by atoms with Crippen LogP contribution in [0.3, 0.4) is 0 Å². The van der Waals surface area contributed by atoms with Crippen molar-refractivity contribution >= 4 is 5.91 Å². The van der Waals surface area contributed by atoms with Crippen LogP contribution in [0.1, 0.15) is 24.5 Å². The molecular weight excluding hydrogens is 232 g/mol. The molecule has 0 bridgehead atoms. The van der Waals surface area contributed by atoms with E-state index in [1.54, 1.807) is 14.1 Å². The van der Waals surface area contributed by atoms with Gasteiger partial charge in [-0.15, -0.1) is 0 Å². The topological polar surface area (TPSA) is 59.4 Å². The van der Waals surface area contributed by atoms with Gasteiger partial charge in [-0.2, -0.15) is 0 Å². The van der Waals surface area contributed by atoms with E-state index in [4.69, 9.17) is 4.74 Å². The summed E-state index contributed by atoms with van der Waals surface area (Å²) in [5, 5.41) is 3.36. The van der Waals surface area contributed by atoms with Gasteiger partial charge in [0.25, 0.3) is 0 Å². The first kappa shape index (κ1) is 13.0. The third-order valence-electron chi connectivity index (χ3n) is 3.12. The van der Waals surface area contributed by atoms with Crippen LogP contribution in [0.15, 0.2) is 6.20 Å². The van der Waals surface area contributed by atoms with E-state index in [-0.39, 0.29) is 18.6 Å². The Balaban J connectivity index is 1.93. The normalized spacial score (nSPS) is 18.5. The van der Waals surface area contributed by atoms with Crippen molar-refractivity contribution in [3.8, 4) is 0 Å². The number of hydrogen-bond donors (Lipinski definition) is 1. The van der Waals surface area contributed by atoms with E-state index >= 15 is 0 Å². The number of hydrogen-bond acceptors (Lipinski definition) is 4. The summed E-state index contributed by atoms with van der Waals surface area (Å²) in [4.78, 5) is 17.3. The Morgan fingerprint density at radius 3 is 3.17 bits per heavy atom. The highest BCUT2D eigenvalue weighted by Crippen LogP contribution is 2.17. The van der Waals surface area contributed by atoms with E-state index in [1.807, 2.05) is 6.20 Å². The van der Waals surface area contributed by atoms with Gasteiger partial charge in [-0.1, -0.05) is 0 Å². The molecule has 6 heteroatoms. The number of rotatable bonds is 4. The Morgan fingerprint density at radius 2 is 2.44 bits per heavy atom. The van der Waals surface area contributed by atoms with Crippen LogP contribution in [0.2, 0.25) is 0 Å². The smallest absolute Gasteiger partial charge is 0.248 e. The number of carbonyl (C=O) groups is 1. The SMILES string of the molecule is CC1NCCn2c(COCC(=O)N(C)C)cnc21. The van der Waals surface area contributed by atoms with Gasteiger partial charge >= 0.3 is 0 Å². The molecule has 0 saturated carbocycles. The Hall–Kier alpha value is -1.40. The van der Waals surface area contributed by atoms with Crippen LogP contribution in [-0.4, -0.2) is 47.6 Å². The molecule has 0 spiro atoms. The lowest BCUT2D eigenvalue weighted by Crippen LogP contribution is -2.32. The summed E-state index contributed by atoms with van der Waals surface area (Å²) in [6.07, 6.45) is 1.83. The molecule has 2 rings (SSSR count). The molecule has 1 atom stereocenters. The zero-order chi connectivity index (χ0) is 13.1. The van der Waals surface area contributed by atoms with Gasteiger partial charge in [-0.3, -0.25) is 4.79 Å². The molecule has 0 saturated heterocycles. The quantitative estimate of drug-likeness (QED) is 0.829. The highest BCUT2D eigenvalue weighted by molar-refractivity contribution is 5.76. The number of nitrogens with zero attached hydrogens (tertiary/aromatic N) is 3. The maximum Gasteiger partial charge on any atom is 0.248 e. The largest absolute Gasteiger partial charge is 0.365 e. The van der Waals surface area contributed by atoms with E-state index in [1.165, 1.54) is 4.90 Å². The van der Waals surface area contributed by atoms with E-state index < -0.39 is 0 Å². The van der Waals surface area contributed by atoms with Crippen molar-refractivity contribution in [2.24, 2.45) is 0 Å². The molecule has 0 aliphatic carbocycles. The average Bonchev–Trinajstić information content (AvgIpc) is 2.74. The van der Waals surface area contributed by atoms with Crippen molar-refractivity contribution in [3.05, 3.63) is 17.7 Å². The number of amides is 1. The van der Waals surface area contributed by atoms with Crippen LogP contribution in [0.4, 0.5) is 0 Å². The van der Waals surface area contributed by atoms with Crippen LogP contribution in [0.5, 0.6) is 0 Å². The number of aromatic nitrogens is 2. The second-order valence-electron chi connectivity index (χ2n) is 4.72. The highest BCUT2D eigenvalue weighted by Gasteiger charge is 2.19. The molecule has 0 aromatic carbocycles. The molecule has 1 unspecified atom stereocenters. The van der Waals surface area contributed by atoms with E-state index in [9.17, 15) is 4.79 Å². The average molecular weight is 252 g/mol. The summed E-state index contributed by atoms with van der Waals surface area (Å²) >= 11 is 0. The predicted molar refractivity (Wildman–Crippen MR) is 67.0 cm³/mol. The first-order valence-electron chi connectivity index (χ1n) is 6.15. The first-order valence-corrected chi connectivity index (χ1v) is 6.15. The Morgan fingerprint density at radius 1 is 1.67 bits per heavy atom. The van der Waals surface area contributed by atoms with Gasteiger partial charge < -0.3 is 19.5 Å². The van der Waals surface area contributed by atoms with Crippen molar-refractivity contribution < 1.29 is 9.53 Å². The van der Waals surface area contributed by atoms with Gasteiger partial charge in [0.15, 0.2) is 0 Å². The standard InChI is InChI=1S/C12H20N4O2/c1-9-12-14-6-10(16(12)5-4-13-9)7-18-8-11(17)15(2)3/h6,9,13H,4-5,7-8H2,1-3H3. The lowest BCUT2D eigenvalue weighted by molar-refractivity contribution is -0.134. The van der Waals surface area contributed by atoms with Crippen molar-refractivity contribution in [1.29, 1.82) is 0 Å². The number of nitrogens with one attached hydrogen (secondary N) is 1. The third kappa shape index (κ3) is 2.70. The summed E-state index contributed by atoms with van der Waals surface area (Å²) in [7, 11) is 3.44. The Bertz CT molecular complexity index is 428. The van der Waals surface area contributed by atoms with Crippen molar-refractivity contribution in [2.45, 2.75) is 26.1 Å². The monoisotopic (exact) mass is 252 g/mol. The van der Waals surface area contributed by atoms with Crippen LogP contribution < -0.4 is 5.32 Å². The minimum absolute atomic E-state index is 0.0246. The van der Waals surface area contributed by atoms with Gasteiger partial charge in [-0.25, -0.2) is 4.98 Å². The fourth-order valence-electron chi connectivity index (χ4n) is 2.00. The Labute approximate surface area is 107 Å². The van der Waals surface area contributed by atoms with Crippen LogP contribution >= 0.6 is 0 Å². The van der Waals surface area contributed by atoms with Gasteiger partial charge in [0.2, 0.25) is 5.91 Å². The van der Waals surface area contributed by atoms with Gasteiger partial charge in [0.05, 0.1) is 24.5 Å². The summed E-state index contributed by atoms with van der Waals surface area (Å²) in [5.41, 5.74) is 1.03. The minimum Gasteiger partial charge on any atom is -0.365 e. The number of ether oxygens (including phenoxy) is 1. The van der Waals surface area contributed by atoms with Crippen LogP contribution in [-0.2, 0) is 22.7 Å². The van der Waals surface area contributed by atoms with Gasteiger partial charge in [0, 0.05) is 27.2 Å². The summed E-state index contributed by atoms with van der Waals surface area (Å²) in [6.45, 7) is 4.48. The van der Waals surface area contributed by atoms with E-state index in [0.717, 1.165) is 24.6 Å². The molecule has 0 radical (unpaired) electrons. The number of carbonyl (C=O) groups excluding carboxylic acids is 1. The molecule has 1 aliphatic heterocycles. The summed E-state index contributed by atoms with van der Waals surface area (Å²) in [6, 6.07) is 0.274. The molecule has 1 aromatic rings. The number of likely N-dealkylation sites (N-methyl/N-ethyl adjacent to an activating group) is 1. The molecule has 1 aromatic heterocycles. The highest BCUT2D eigenvalue weighted by atomic mass is 16.5. The fraction of sp³-hybridized carbons (Fsp3) is 0.667. The van der Waals surface area contributed by atoms with Crippen molar-refractivity contribution in [3.63, 3.8) is 0 Å². The molecule has 100 valence electrons.